The Balaban J connectivity index is 1.28. The number of rotatable bonds is 15. The van der Waals surface area contributed by atoms with Crippen LogP contribution in [-0.2, 0) is 4.79 Å². The molecule has 0 heterocycles. The highest BCUT2D eigenvalue weighted by atomic mass is 16.1. The Bertz CT molecular complexity index is 808. The van der Waals surface area contributed by atoms with Crippen molar-refractivity contribution >= 4 is 5.78 Å². The molecule has 4 aliphatic carbocycles. The number of carbonyl (C=O) groups excluding carboxylic acids is 1. The lowest BCUT2D eigenvalue weighted by molar-refractivity contribution is -0.119. The van der Waals surface area contributed by atoms with Gasteiger partial charge in [0.2, 0.25) is 0 Å². The van der Waals surface area contributed by atoms with Crippen molar-refractivity contribution in [3.8, 4) is 0 Å². The summed E-state index contributed by atoms with van der Waals surface area (Å²) in [6, 6.07) is 0. The Labute approximate surface area is 244 Å². The fraction of sp³-hybridized carbons (Fsp3) is 0.921. The quantitative estimate of drug-likeness (QED) is 0.150. The van der Waals surface area contributed by atoms with Gasteiger partial charge in [-0.25, -0.2) is 0 Å². The minimum Gasteiger partial charge on any atom is -0.300 e. The molecule has 4 rings (SSSR count). The number of hydrogen-bond acceptors (Lipinski definition) is 1. The van der Waals surface area contributed by atoms with Crippen LogP contribution in [0.2, 0.25) is 0 Å². The van der Waals surface area contributed by atoms with Gasteiger partial charge in [-0.1, -0.05) is 105 Å². The second-order valence-electron chi connectivity index (χ2n) is 16.0. The summed E-state index contributed by atoms with van der Waals surface area (Å²) in [5.41, 5.74) is 2.85. The lowest BCUT2D eigenvalue weighted by Crippen LogP contribution is -2.50. The van der Waals surface area contributed by atoms with E-state index in [0.717, 1.165) is 67.1 Å². The molecule has 0 bridgehead atoms. The van der Waals surface area contributed by atoms with Crippen LogP contribution in [0.25, 0.3) is 0 Å². The van der Waals surface area contributed by atoms with Gasteiger partial charge < -0.3 is 0 Å². The minimum atomic E-state index is 0.449. The van der Waals surface area contributed by atoms with Crippen molar-refractivity contribution in [1.29, 1.82) is 0 Å². The molecule has 0 saturated heterocycles. The van der Waals surface area contributed by atoms with Crippen LogP contribution in [0.3, 0.4) is 0 Å². The molecule has 0 aliphatic heterocycles. The van der Waals surface area contributed by atoms with Gasteiger partial charge in [-0.3, -0.25) is 4.79 Å². The van der Waals surface area contributed by atoms with E-state index >= 15 is 0 Å². The number of fused-ring (bicyclic) bond motifs is 5. The number of carbonyl (C=O) groups is 1. The molecule has 224 valence electrons. The third kappa shape index (κ3) is 7.25. The molecule has 3 fully saturated rings. The fourth-order valence-corrected chi connectivity index (χ4v) is 10.6. The maximum absolute atomic E-state index is 12.6. The van der Waals surface area contributed by atoms with Gasteiger partial charge in [0.15, 0.2) is 0 Å². The van der Waals surface area contributed by atoms with Gasteiger partial charge >= 0.3 is 0 Å². The van der Waals surface area contributed by atoms with Gasteiger partial charge in [-0.2, -0.15) is 0 Å². The molecule has 1 heteroatoms. The minimum absolute atomic E-state index is 0.449. The maximum atomic E-state index is 12.6. The zero-order valence-electron chi connectivity index (χ0n) is 27.2. The van der Waals surface area contributed by atoms with Gasteiger partial charge in [-0.05, 0) is 116 Å². The molecule has 0 radical (unpaired) electrons. The van der Waals surface area contributed by atoms with E-state index in [1.54, 1.807) is 0 Å². The van der Waals surface area contributed by atoms with E-state index in [0.29, 0.717) is 16.6 Å². The standard InChI is InChI=1S/C38H66O/c1-7-8-9-10-11-12-16-32(39)19-17-30-23-25-37(5)31(27-30)18-20-33-35-22-21-34(29(4)15-13-14-28(2)3)38(35,6)26-24-36(33)37/h18,28-30,33-36H,7-17,19-27H2,1-6H3/t29-,30+,33+,34-,35+,36+,37+,38-/m1/s1. The Morgan fingerprint density at radius 3 is 2.41 bits per heavy atom. The molecule has 0 aromatic heterocycles. The van der Waals surface area contributed by atoms with Crippen LogP contribution in [0.15, 0.2) is 11.6 Å². The molecule has 0 aromatic carbocycles. The van der Waals surface area contributed by atoms with Crippen LogP contribution >= 0.6 is 0 Å². The Morgan fingerprint density at radius 1 is 0.872 bits per heavy atom. The zero-order chi connectivity index (χ0) is 28.0. The van der Waals surface area contributed by atoms with Gasteiger partial charge in [0.1, 0.15) is 5.78 Å². The lowest BCUT2D eigenvalue weighted by Gasteiger charge is -2.58. The number of Topliss-reactive ketones (excluding diaryl/α,β-unsaturated/α-hetero) is 1. The molecule has 0 spiro atoms. The predicted octanol–water partition coefficient (Wildman–Crippen LogP) is 11.7. The summed E-state index contributed by atoms with van der Waals surface area (Å²) >= 11 is 0. The van der Waals surface area contributed by atoms with Crippen molar-refractivity contribution in [1.82, 2.24) is 0 Å². The van der Waals surface area contributed by atoms with E-state index < -0.39 is 0 Å². The number of allylic oxidation sites excluding steroid dienone is 2. The molecule has 0 amide bonds. The number of hydrogen-bond donors (Lipinski definition) is 0. The van der Waals surface area contributed by atoms with E-state index in [4.69, 9.17) is 0 Å². The number of ketones is 1. The van der Waals surface area contributed by atoms with E-state index in [1.807, 2.05) is 5.57 Å². The SMILES string of the molecule is CCCCCCCCC(=O)CC[C@H]1CC[C@@]2(C)C(=CC[C@H]3[C@@H]4CC[C@H]([C@H](C)CCCC(C)C)[C@@]4(C)CC[C@@H]32)C1. The van der Waals surface area contributed by atoms with Crippen LogP contribution < -0.4 is 0 Å². The first-order valence-electron chi connectivity index (χ1n) is 17.9. The van der Waals surface area contributed by atoms with Gasteiger partial charge in [0.25, 0.3) is 0 Å². The molecule has 8 atom stereocenters. The van der Waals surface area contributed by atoms with E-state index in [9.17, 15) is 4.79 Å². The Kier molecular flexibility index (Phi) is 11.3. The van der Waals surface area contributed by atoms with Crippen LogP contribution in [0.4, 0.5) is 0 Å². The van der Waals surface area contributed by atoms with Crippen molar-refractivity contribution in [2.45, 2.75) is 170 Å². The van der Waals surface area contributed by atoms with E-state index in [1.165, 1.54) is 103 Å². The van der Waals surface area contributed by atoms with Crippen LogP contribution in [-0.4, -0.2) is 5.78 Å². The molecule has 0 N–H and O–H groups in total. The lowest BCUT2D eigenvalue weighted by atomic mass is 9.46. The highest BCUT2D eigenvalue weighted by molar-refractivity contribution is 5.78. The first-order chi connectivity index (χ1) is 18.7. The van der Waals surface area contributed by atoms with Gasteiger partial charge in [0, 0.05) is 12.8 Å². The molecule has 3 saturated carbocycles. The molecule has 0 unspecified atom stereocenters. The molecular weight excluding hydrogens is 472 g/mol. The van der Waals surface area contributed by atoms with Crippen LogP contribution in [0.5, 0.6) is 0 Å². The largest absolute Gasteiger partial charge is 0.300 e. The van der Waals surface area contributed by atoms with Crippen molar-refractivity contribution in [2.24, 2.45) is 52.3 Å². The molecule has 1 nitrogen and oxygen atoms in total. The highest BCUT2D eigenvalue weighted by Crippen LogP contribution is 2.67. The first-order valence-corrected chi connectivity index (χ1v) is 17.9. The van der Waals surface area contributed by atoms with E-state index in [-0.39, 0.29) is 0 Å². The van der Waals surface area contributed by atoms with Crippen molar-refractivity contribution in [3.63, 3.8) is 0 Å². The summed E-state index contributed by atoms with van der Waals surface area (Å²) in [5, 5.41) is 0. The summed E-state index contributed by atoms with van der Waals surface area (Å²) < 4.78 is 0. The van der Waals surface area contributed by atoms with Crippen LogP contribution in [0.1, 0.15) is 170 Å². The Morgan fingerprint density at radius 2 is 1.64 bits per heavy atom. The second-order valence-corrected chi connectivity index (χ2v) is 16.0. The molecule has 0 aromatic rings. The third-order valence-corrected chi connectivity index (χ3v) is 13.0. The van der Waals surface area contributed by atoms with Crippen molar-refractivity contribution in [2.75, 3.05) is 0 Å². The summed E-state index contributed by atoms with van der Waals surface area (Å²) in [6.45, 7) is 15.0. The van der Waals surface area contributed by atoms with Gasteiger partial charge in [-0.15, -0.1) is 0 Å². The summed E-state index contributed by atoms with van der Waals surface area (Å²) in [5.74, 6) is 6.81. The van der Waals surface area contributed by atoms with E-state index in [2.05, 4.69) is 47.6 Å². The summed E-state index contributed by atoms with van der Waals surface area (Å²) in [7, 11) is 0. The van der Waals surface area contributed by atoms with Crippen molar-refractivity contribution < 1.29 is 4.79 Å². The highest BCUT2D eigenvalue weighted by Gasteiger charge is 2.59. The van der Waals surface area contributed by atoms with Crippen molar-refractivity contribution in [3.05, 3.63) is 11.6 Å². The molecular formula is C38H66O. The summed E-state index contributed by atoms with van der Waals surface area (Å²) in [4.78, 5) is 12.6. The smallest absolute Gasteiger partial charge is 0.132 e. The van der Waals surface area contributed by atoms with Gasteiger partial charge in [0.05, 0.1) is 0 Å². The monoisotopic (exact) mass is 539 g/mol. The topological polar surface area (TPSA) is 17.1 Å². The normalized spacial score (nSPS) is 36.7. The third-order valence-electron chi connectivity index (χ3n) is 13.0. The zero-order valence-corrected chi connectivity index (χ0v) is 27.2. The fourth-order valence-electron chi connectivity index (χ4n) is 10.6. The number of unbranched alkanes of at least 4 members (excludes halogenated alkanes) is 5. The predicted molar refractivity (Wildman–Crippen MR) is 169 cm³/mol. The van der Waals surface area contributed by atoms with Crippen LogP contribution in [0, 0.1) is 52.3 Å². The Hall–Kier alpha value is -0.590. The molecule has 39 heavy (non-hydrogen) atoms. The second kappa shape index (κ2) is 14.1. The summed E-state index contributed by atoms with van der Waals surface area (Å²) in [6.07, 6.45) is 28.9. The average Bonchev–Trinajstić information content (AvgIpc) is 3.26. The maximum Gasteiger partial charge on any atom is 0.132 e. The first kappa shape index (κ1) is 31.3. The average molecular weight is 539 g/mol. The molecule has 4 aliphatic rings.